The lowest BCUT2D eigenvalue weighted by molar-refractivity contribution is -0.156. The summed E-state index contributed by atoms with van der Waals surface area (Å²) in [6.07, 6.45) is -0.824. The van der Waals surface area contributed by atoms with Crippen LogP contribution in [0.2, 0.25) is 0 Å². The van der Waals surface area contributed by atoms with E-state index in [4.69, 9.17) is 4.74 Å². The number of rotatable bonds is 4. The van der Waals surface area contributed by atoms with E-state index in [1.165, 1.54) is 0 Å². The van der Waals surface area contributed by atoms with Crippen molar-refractivity contribution in [1.29, 1.82) is 0 Å². The molecule has 0 amide bonds. The van der Waals surface area contributed by atoms with Crippen molar-refractivity contribution in [3.63, 3.8) is 0 Å². The zero-order chi connectivity index (χ0) is 13.0. The van der Waals surface area contributed by atoms with Gasteiger partial charge in [-0.2, -0.15) is 0 Å². The molecule has 0 bridgehead atoms. The van der Waals surface area contributed by atoms with E-state index in [1.807, 2.05) is 67.6 Å². The van der Waals surface area contributed by atoms with Gasteiger partial charge in [0.05, 0.1) is 0 Å². The van der Waals surface area contributed by atoms with Crippen LogP contribution in [0.4, 0.5) is 0 Å². The van der Waals surface area contributed by atoms with Gasteiger partial charge in [0.2, 0.25) is 0 Å². The van der Waals surface area contributed by atoms with E-state index in [-0.39, 0.29) is 0 Å². The normalized spacial score (nSPS) is 13.3. The first-order valence-electron chi connectivity index (χ1n) is 6.10. The van der Waals surface area contributed by atoms with Crippen LogP contribution >= 0.6 is 0 Å². The van der Waals surface area contributed by atoms with Gasteiger partial charge >= 0.3 is 0 Å². The van der Waals surface area contributed by atoms with Gasteiger partial charge in [0.1, 0.15) is 5.60 Å². The molecule has 0 fully saturated rings. The summed E-state index contributed by atoms with van der Waals surface area (Å²) < 4.78 is 5.77. The monoisotopic (exact) mass is 242 g/mol. The third-order valence-electron chi connectivity index (χ3n) is 3.06. The number of aliphatic hydroxyl groups is 1. The Labute approximate surface area is 108 Å². The van der Waals surface area contributed by atoms with E-state index < -0.39 is 11.9 Å². The van der Waals surface area contributed by atoms with Gasteiger partial charge in [-0.25, -0.2) is 0 Å². The Morgan fingerprint density at radius 2 is 1.28 bits per heavy atom. The fraction of sp³-hybridized carbons (Fsp3) is 0.250. The van der Waals surface area contributed by atoms with Crippen LogP contribution in [0.1, 0.15) is 25.0 Å². The van der Waals surface area contributed by atoms with Crippen molar-refractivity contribution in [3.8, 4) is 0 Å². The summed E-state index contributed by atoms with van der Waals surface area (Å²) >= 11 is 0. The van der Waals surface area contributed by atoms with Gasteiger partial charge in [-0.1, -0.05) is 60.7 Å². The molecule has 0 saturated carbocycles. The molecule has 1 unspecified atom stereocenters. The van der Waals surface area contributed by atoms with Crippen LogP contribution in [0.5, 0.6) is 0 Å². The first-order valence-corrected chi connectivity index (χ1v) is 6.10. The Balaban J connectivity index is 2.48. The number of hydrogen-bond donors (Lipinski definition) is 1. The molecular formula is C16H18O2. The van der Waals surface area contributed by atoms with E-state index in [0.29, 0.717) is 0 Å². The summed E-state index contributed by atoms with van der Waals surface area (Å²) in [6, 6.07) is 19.9. The van der Waals surface area contributed by atoms with Crippen LogP contribution in [-0.2, 0) is 10.3 Å². The molecule has 2 rings (SSSR count). The summed E-state index contributed by atoms with van der Waals surface area (Å²) in [5.41, 5.74) is 1.41. The summed E-state index contributed by atoms with van der Waals surface area (Å²) in [4.78, 5) is 0. The molecule has 0 radical (unpaired) electrons. The van der Waals surface area contributed by atoms with Crippen molar-refractivity contribution in [1.82, 2.24) is 0 Å². The minimum absolute atomic E-state index is 0.642. The molecule has 2 aromatic rings. The first kappa shape index (κ1) is 12.8. The maximum absolute atomic E-state index is 9.59. The van der Waals surface area contributed by atoms with Gasteiger partial charge < -0.3 is 9.84 Å². The number of aliphatic hydroxyl groups excluding tert-OH is 1. The van der Waals surface area contributed by atoms with Crippen LogP contribution in [0.25, 0.3) is 0 Å². The van der Waals surface area contributed by atoms with E-state index in [9.17, 15) is 5.11 Å². The molecule has 0 aliphatic carbocycles. The third kappa shape index (κ3) is 2.61. The second-order valence-corrected chi connectivity index (χ2v) is 4.48. The van der Waals surface area contributed by atoms with Gasteiger partial charge in [-0.15, -0.1) is 0 Å². The van der Waals surface area contributed by atoms with Gasteiger partial charge in [-0.05, 0) is 25.0 Å². The van der Waals surface area contributed by atoms with Crippen molar-refractivity contribution in [3.05, 3.63) is 71.8 Å². The molecule has 1 N–H and O–H groups in total. The summed E-state index contributed by atoms with van der Waals surface area (Å²) in [6.45, 7) is 3.61. The Morgan fingerprint density at radius 1 is 0.889 bits per heavy atom. The van der Waals surface area contributed by atoms with Gasteiger partial charge in [0.15, 0.2) is 6.29 Å². The van der Waals surface area contributed by atoms with Gasteiger partial charge in [-0.3, -0.25) is 0 Å². The molecule has 0 aliphatic heterocycles. The van der Waals surface area contributed by atoms with Crippen molar-refractivity contribution in [2.75, 3.05) is 0 Å². The largest absolute Gasteiger partial charge is 0.368 e. The summed E-state index contributed by atoms with van der Waals surface area (Å²) in [5, 5.41) is 9.59. The highest BCUT2D eigenvalue weighted by Crippen LogP contribution is 2.33. The van der Waals surface area contributed by atoms with Crippen LogP contribution in [0, 0.1) is 0 Å². The Hall–Kier alpha value is -1.64. The highest BCUT2D eigenvalue weighted by molar-refractivity contribution is 5.35. The predicted molar refractivity (Wildman–Crippen MR) is 72.1 cm³/mol. The molecule has 18 heavy (non-hydrogen) atoms. The average molecular weight is 242 g/mol. The van der Waals surface area contributed by atoms with Crippen LogP contribution in [-0.4, -0.2) is 11.4 Å². The molecule has 1 atom stereocenters. The van der Waals surface area contributed by atoms with Crippen LogP contribution in [0.3, 0.4) is 0 Å². The zero-order valence-corrected chi connectivity index (χ0v) is 10.7. The standard InChI is InChI=1S/C16H18O2/c1-13(17)18-16(2,14-9-5-3-6-10-14)15-11-7-4-8-12-15/h3-13,17H,1-2H3. The summed E-state index contributed by atoms with van der Waals surface area (Å²) in [7, 11) is 0. The Bertz CT molecular complexity index is 437. The quantitative estimate of drug-likeness (QED) is 0.833. The van der Waals surface area contributed by atoms with E-state index in [0.717, 1.165) is 11.1 Å². The van der Waals surface area contributed by atoms with E-state index in [1.54, 1.807) is 6.92 Å². The highest BCUT2D eigenvalue weighted by atomic mass is 16.6. The fourth-order valence-electron chi connectivity index (χ4n) is 2.16. The lowest BCUT2D eigenvalue weighted by Gasteiger charge is -2.32. The average Bonchev–Trinajstić information content (AvgIpc) is 2.40. The molecule has 2 nitrogen and oxygen atoms in total. The smallest absolute Gasteiger partial charge is 0.153 e. The number of benzene rings is 2. The molecule has 0 aromatic heterocycles. The van der Waals surface area contributed by atoms with Crippen molar-refractivity contribution < 1.29 is 9.84 Å². The molecule has 0 saturated heterocycles. The lowest BCUT2D eigenvalue weighted by Crippen LogP contribution is -2.31. The Morgan fingerprint density at radius 3 is 1.61 bits per heavy atom. The number of hydrogen-bond acceptors (Lipinski definition) is 2. The maximum Gasteiger partial charge on any atom is 0.153 e. The van der Waals surface area contributed by atoms with E-state index >= 15 is 0 Å². The third-order valence-corrected chi connectivity index (χ3v) is 3.06. The maximum atomic E-state index is 9.59. The molecule has 0 spiro atoms. The predicted octanol–water partition coefficient (Wildman–Crippen LogP) is 3.31. The van der Waals surface area contributed by atoms with Gasteiger partial charge in [0.25, 0.3) is 0 Å². The first-order chi connectivity index (χ1) is 8.63. The minimum Gasteiger partial charge on any atom is -0.368 e. The van der Waals surface area contributed by atoms with Crippen molar-refractivity contribution >= 4 is 0 Å². The van der Waals surface area contributed by atoms with Crippen molar-refractivity contribution in [2.45, 2.75) is 25.7 Å². The molecule has 0 heterocycles. The molecule has 2 aromatic carbocycles. The van der Waals surface area contributed by atoms with Gasteiger partial charge in [0, 0.05) is 0 Å². The SMILES string of the molecule is CC(O)OC(C)(c1ccccc1)c1ccccc1. The summed E-state index contributed by atoms with van der Waals surface area (Å²) in [5.74, 6) is 0. The molecular weight excluding hydrogens is 224 g/mol. The van der Waals surface area contributed by atoms with Crippen LogP contribution in [0.15, 0.2) is 60.7 Å². The van der Waals surface area contributed by atoms with Crippen LogP contribution < -0.4 is 0 Å². The molecule has 2 heteroatoms. The topological polar surface area (TPSA) is 29.5 Å². The minimum atomic E-state index is -0.824. The zero-order valence-electron chi connectivity index (χ0n) is 10.7. The van der Waals surface area contributed by atoms with E-state index in [2.05, 4.69) is 0 Å². The lowest BCUT2D eigenvalue weighted by atomic mass is 9.88. The Kier molecular flexibility index (Phi) is 3.80. The highest BCUT2D eigenvalue weighted by Gasteiger charge is 2.31. The second-order valence-electron chi connectivity index (χ2n) is 4.48. The molecule has 94 valence electrons. The fourth-order valence-corrected chi connectivity index (χ4v) is 2.16. The van der Waals surface area contributed by atoms with Crippen molar-refractivity contribution in [2.24, 2.45) is 0 Å². The molecule has 0 aliphatic rings. The number of ether oxygens (including phenoxy) is 1. The second kappa shape index (κ2) is 5.34.